The summed E-state index contributed by atoms with van der Waals surface area (Å²) < 4.78 is 0. The van der Waals surface area contributed by atoms with E-state index in [0.717, 1.165) is 5.56 Å². The molecule has 0 aromatic heterocycles. The van der Waals surface area contributed by atoms with Gasteiger partial charge in [0.2, 0.25) is 5.91 Å². The molecule has 5 N–H and O–H groups in total. The number of halogens is 1. The first-order valence-electron chi connectivity index (χ1n) is 6.38. The minimum atomic E-state index is -1.08. The van der Waals surface area contributed by atoms with Crippen molar-refractivity contribution in [3.63, 3.8) is 0 Å². The molecule has 0 aliphatic rings. The first-order chi connectivity index (χ1) is 9.31. The molecular formula is C14H21ClN2O4. The predicted octanol–water partition coefficient (Wildman–Crippen LogP) is 0.909. The molecule has 7 heteroatoms. The molecule has 1 aromatic rings. The molecule has 0 fully saturated rings. The first-order valence-corrected chi connectivity index (χ1v) is 6.38. The van der Waals surface area contributed by atoms with Crippen molar-refractivity contribution in [1.82, 2.24) is 5.32 Å². The average Bonchev–Trinajstić information content (AvgIpc) is 2.37. The average molecular weight is 317 g/mol. The Kier molecular flexibility index (Phi) is 7.76. The molecule has 1 rings (SSSR count). The first kappa shape index (κ1) is 19.2. The van der Waals surface area contributed by atoms with Gasteiger partial charge in [0.1, 0.15) is 11.8 Å². The molecule has 0 heterocycles. The number of carboxylic acid groups (broad SMARTS) is 1. The molecule has 6 nitrogen and oxygen atoms in total. The lowest BCUT2D eigenvalue weighted by Crippen LogP contribution is -2.51. The normalized spacial score (nSPS) is 13.1. The van der Waals surface area contributed by atoms with Gasteiger partial charge in [0.25, 0.3) is 0 Å². The Morgan fingerprint density at radius 2 is 1.76 bits per heavy atom. The van der Waals surface area contributed by atoms with Crippen LogP contribution < -0.4 is 11.1 Å². The molecule has 0 saturated carbocycles. The van der Waals surface area contributed by atoms with E-state index >= 15 is 0 Å². The van der Waals surface area contributed by atoms with Crippen LogP contribution in [0, 0.1) is 5.92 Å². The molecule has 1 aromatic carbocycles. The van der Waals surface area contributed by atoms with Crippen LogP contribution in [0.25, 0.3) is 0 Å². The monoisotopic (exact) mass is 316 g/mol. The van der Waals surface area contributed by atoms with Gasteiger partial charge in [-0.25, -0.2) is 4.79 Å². The molecule has 21 heavy (non-hydrogen) atoms. The van der Waals surface area contributed by atoms with Gasteiger partial charge in [-0.3, -0.25) is 4.79 Å². The maximum Gasteiger partial charge on any atom is 0.326 e. The van der Waals surface area contributed by atoms with Crippen LogP contribution in [-0.2, 0) is 16.0 Å². The largest absolute Gasteiger partial charge is 0.508 e. The van der Waals surface area contributed by atoms with Crippen molar-refractivity contribution in [1.29, 1.82) is 0 Å². The number of aromatic hydroxyl groups is 1. The Bertz CT molecular complexity index is 476. The van der Waals surface area contributed by atoms with Crippen molar-refractivity contribution >= 4 is 24.3 Å². The number of carboxylic acids is 1. The summed E-state index contributed by atoms with van der Waals surface area (Å²) in [5, 5.41) is 20.6. The van der Waals surface area contributed by atoms with Gasteiger partial charge in [0.05, 0.1) is 6.04 Å². The Balaban J connectivity index is 0.00000400. The predicted molar refractivity (Wildman–Crippen MR) is 81.4 cm³/mol. The lowest BCUT2D eigenvalue weighted by molar-refractivity contribution is -0.143. The fourth-order valence-electron chi connectivity index (χ4n) is 1.75. The minimum absolute atomic E-state index is 0. The number of nitrogens with two attached hydrogens (primary N) is 1. The van der Waals surface area contributed by atoms with Crippen LogP contribution in [-0.4, -0.2) is 34.2 Å². The van der Waals surface area contributed by atoms with Gasteiger partial charge in [-0.2, -0.15) is 0 Å². The van der Waals surface area contributed by atoms with Crippen LogP contribution in [0.5, 0.6) is 5.75 Å². The van der Waals surface area contributed by atoms with Crippen molar-refractivity contribution < 1.29 is 19.8 Å². The highest BCUT2D eigenvalue weighted by Gasteiger charge is 2.25. The molecule has 118 valence electrons. The summed E-state index contributed by atoms with van der Waals surface area (Å²) in [6.45, 7) is 3.43. The van der Waals surface area contributed by atoms with E-state index in [4.69, 9.17) is 15.9 Å². The minimum Gasteiger partial charge on any atom is -0.508 e. The summed E-state index contributed by atoms with van der Waals surface area (Å²) in [5.41, 5.74) is 6.56. The third kappa shape index (κ3) is 6.01. The molecular weight excluding hydrogens is 296 g/mol. The molecule has 0 aliphatic carbocycles. The quantitative estimate of drug-likeness (QED) is 0.623. The fourth-order valence-corrected chi connectivity index (χ4v) is 1.75. The van der Waals surface area contributed by atoms with E-state index in [2.05, 4.69) is 5.32 Å². The lowest BCUT2D eigenvalue weighted by Gasteiger charge is -2.20. The SMILES string of the molecule is CC(C)[C@H](NC(=O)[C@@H](N)Cc1ccc(O)cc1)C(=O)O.Cl. The fraction of sp³-hybridized carbons (Fsp3) is 0.429. The topological polar surface area (TPSA) is 113 Å². The number of phenolic OH excluding ortho intramolecular Hbond substituents is 1. The van der Waals surface area contributed by atoms with E-state index in [-0.39, 0.29) is 30.5 Å². The highest BCUT2D eigenvalue weighted by atomic mass is 35.5. The number of phenols is 1. The molecule has 0 aliphatic heterocycles. The van der Waals surface area contributed by atoms with Crippen LogP contribution in [0.15, 0.2) is 24.3 Å². The van der Waals surface area contributed by atoms with Crippen molar-refractivity contribution in [2.75, 3.05) is 0 Å². The van der Waals surface area contributed by atoms with Gasteiger partial charge in [-0.05, 0) is 30.0 Å². The van der Waals surface area contributed by atoms with E-state index in [1.165, 1.54) is 12.1 Å². The Labute approximate surface area is 129 Å². The van der Waals surface area contributed by atoms with Crippen LogP contribution >= 0.6 is 12.4 Å². The van der Waals surface area contributed by atoms with Crippen LogP contribution in [0.3, 0.4) is 0 Å². The maximum absolute atomic E-state index is 11.9. The number of hydrogen-bond acceptors (Lipinski definition) is 4. The summed E-state index contributed by atoms with van der Waals surface area (Å²) in [6.07, 6.45) is 0.274. The molecule has 0 unspecified atom stereocenters. The number of hydrogen-bond donors (Lipinski definition) is 4. The van der Waals surface area contributed by atoms with Gasteiger partial charge in [0.15, 0.2) is 0 Å². The third-order valence-corrected chi connectivity index (χ3v) is 2.96. The number of amides is 1. The van der Waals surface area contributed by atoms with Gasteiger partial charge in [0, 0.05) is 0 Å². The maximum atomic E-state index is 11.9. The summed E-state index contributed by atoms with van der Waals surface area (Å²) in [4.78, 5) is 22.9. The highest BCUT2D eigenvalue weighted by Crippen LogP contribution is 2.11. The zero-order valence-electron chi connectivity index (χ0n) is 11.9. The van der Waals surface area contributed by atoms with Crippen LogP contribution in [0.4, 0.5) is 0 Å². The zero-order chi connectivity index (χ0) is 15.3. The zero-order valence-corrected chi connectivity index (χ0v) is 12.8. The van der Waals surface area contributed by atoms with E-state index < -0.39 is 24.0 Å². The molecule has 0 radical (unpaired) electrons. The second-order valence-electron chi connectivity index (χ2n) is 5.05. The molecule has 2 atom stereocenters. The van der Waals surface area contributed by atoms with Gasteiger partial charge in [-0.1, -0.05) is 26.0 Å². The Morgan fingerprint density at radius 3 is 2.19 bits per heavy atom. The van der Waals surface area contributed by atoms with Crippen molar-refractivity contribution in [3.8, 4) is 5.75 Å². The van der Waals surface area contributed by atoms with Crippen molar-refractivity contribution in [2.45, 2.75) is 32.4 Å². The molecule has 0 bridgehead atoms. The van der Waals surface area contributed by atoms with E-state index in [0.29, 0.717) is 0 Å². The Morgan fingerprint density at radius 1 is 1.24 bits per heavy atom. The van der Waals surface area contributed by atoms with Crippen LogP contribution in [0.2, 0.25) is 0 Å². The number of nitrogens with one attached hydrogen (secondary N) is 1. The second-order valence-corrected chi connectivity index (χ2v) is 5.05. The molecule has 0 spiro atoms. The van der Waals surface area contributed by atoms with Crippen molar-refractivity contribution in [2.24, 2.45) is 11.7 Å². The summed E-state index contributed by atoms with van der Waals surface area (Å²) in [5.74, 6) is -1.67. The molecule has 1 amide bonds. The number of carbonyl (C=O) groups excluding carboxylic acids is 1. The number of carbonyl (C=O) groups is 2. The van der Waals surface area contributed by atoms with Crippen molar-refractivity contribution in [3.05, 3.63) is 29.8 Å². The highest BCUT2D eigenvalue weighted by molar-refractivity contribution is 5.87. The van der Waals surface area contributed by atoms with E-state index in [1.54, 1.807) is 26.0 Å². The summed E-state index contributed by atoms with van der Waals surface area (Å²) in [7, 11) is 0. The summed E-state index contributed by atoms with van der Waals surface area (Å²) in [6, 6.07) is 4.56. The second kappa shape index (κ2) is 8.49. The molecule has 0 saturated heterocycles. The number of rotatable bonds is 6. The van der Waals surface area contributed by atoms with Crippen LogP contribution in [0.1, 0.15) is 19.4 Å². The van der Waals surface area contributed by atoms with Gasteiger partial charge in [-0.15, -0.1) is 12.4 Å². The van der Waals surface area contributed by atoms with E-state index in [9.17, 15) is 9.59 Å². The number of benzene rings is 1. The van der Waals surface area contributed by atoms with E-state index in [1.807, 2.05) is 0 Å². The smallest absolute Gasteiger partial charge is 0.326 e. The van der Waals surface area contributed by atoms with Gasteiger partial charge >= 0.3 is 5.97 Å². The Hall–Kier alpha value is -1.79. The lowest BCUT2D eigenvalue weighted by atomic mass is 10.0. The van der Waals surface area contributed by atoms with Gasteiger partial charge < -0.3 is 21.3 Å². The number of aliphatic carboxylic acids is 1. The summed E-state index contributed by atoms with van der Waals surface area (Å²) >= 11 is 0. The standard InChI is InChI=1S/C14H20N2O4.ClH/c1-8(2)12(14(19)20)16-13(18)11(15)7-9-3-5-10(17)6-4-9;/h3-6,8,11-12,17H,7,15H2,1-2H3,(H,16,18)(H,19,20);1H/t11-,12-;/m0./s1. The third-order valence-electron chi connectivity index (χ3n) is 2.96.